The van der Waals surface area contributed by atoms with Gasteiger partial charge in [0, 0.05) is 6.54 Å². The molecule has 3 aromatic rings. The van der Waals surface area contributed by atoms with Gasteiger partial charge in [0.05, 0.1) is 17.0 Å². The molecule has 0 unspecified atom stereocenters. The summed E-state index contributed by atoms with van der Waals surface area (Å²) in [7, 11) is 0. The lowest BCUT2D eigenvalue weighted by atomic mass is 10.1. The van der Waals surface area contributed by atoms with Crippen LogP contribution < -0.4 is 5.32 Å². The molecule has 138 valence electrons. The number of carbonyl (C=O) groups is 2. The van der Waals surface area contributed by atoms with Crippen molar-refractivity contribution in [1.82, 2.24) is 25.5 Å². The topological polar surface area (TPSA) is 110 Å². The van der Waals surface area contributed by atoms with Crippen LogP contribution in [0.1, 0.15) is 15.9 Å². The molecule has 9 heteroatoms. The maximum absolute atomic E-state index is 12.0. The molecule has 0 saturated heterocycles. The summed E-state index contributed by atoms with van der Waals surface area (Å²) in [5.41, 5.74) is 1.97. The Kier molecular flexibility index (Phi) is 6.16. The number of aromatic nitrogens is 4. The molecule has 0 aliphatic heterocycles. The number of nitrogens with one attached hydrogen (secondary N) is 1. The molecular weight excluding hydrogens is 366 g/mol. The number of nitrogens with zero attached hydrogens (tertiary/aromatic N) is 4. The van der Waals surface area contributed by atoms with Crippen molar-refractivity contribution < 1.29 is 14.7 Å². The highest BCUT2D eigenvalue weighted by Gasteiger charge is 2.12. The van der Waals surface area contributed by atoms with Crippen molar-refractivity contribution in [3.05, 3.63) is 65.7 Å². The Morgan fingerprint density at radius 3 is 2.52 bits per heavy atom. The highest BCUT2D eigenvalue weighted by molar-refractivity contribution is 7.99. The molecule has 0 bridgehead atoms. The molecule has 0 spiro atoms. The summed E-state index contributed by atoms with van der Waals surface area (Å²) in [6, 6.07) is 16.1. The fourth-order valence-corrected chi connectivity index (χ4v) is 3.07. The van der Waals surface area contributed by atoms with E-state index in [0.29, 0.717) is 17.4 Å². The Morgan fingerprint density at radius 2 is 1.81 bits per heavy atom. The van der Waals surface area contributed by atoms with Crippen LogP contribution in [-0.2, 0) is 11.2 Å². The van der Waals surface area contributed by atoms with Gasteiger partial charge in [0.1, 0.15) is 0 Å². The molecular formula is C18H17N5O3S. The van der Waals surface area contributed by atoms with Crippen molar-refractivity contribution in [2.75, 3.05) is 12.3 Å². The summed E-state index contributed by atoms with van der Waals surface area (Å²) < 4.78 is 1.47. The number of tetrazole rings is 1. The molecule has 27 heavy (non-hydrogen) atoms. The minimum atomic E-state index is -1.000. The SMILES string of the molecule is O=C(CSc1nnnn1-c1ccc(C(=O)O)cc1)NCCc1ccccc1. The van der Waals surface area contributed by atoms with Gasteiger partial charge < -0.3 is 10.4 Å². The molecule has 2 N–H and O–H groups in total. The highest BCUT2D eigenvalue weighted by Crippen LogP contribution is 2.18. The fraction of sp³-hybridized carbons (Fsp3) is 0.167. The maximum Gasteiger partial charge on any atom is 0.335 e. The second-order valence-corrected chi connectivity index (χ2v) is 6.54. The minimum Gasteiger partial charge on any atom is -0.478 e. The molecule has 1 aromatic heterocycles. The maximum atomic E-state index is 12.0. The number of rotatable bonds is 8. The van der Waals surface area contributed by atoms with Crippen molar-refractivity contribution in [2.45, 2.75) is 11.6 Å². The minimum absolute atomic E-state index is 0.105. The first kappa shape index (κ1) is 18.6. The normalized spacial score (nSPS) is 10.5. The molecule has 8 nitrogen and oxygen atoms in total. The Balaban J connectivity index is 1.52. The first-order chi connectivity index (χ1) is 13.1. The molecule has 0 fully saturated rings. The van der Waals surface area contributed by atoms with Crippen molar-refractivity contribution in [3.63, 3.8) is 0 Å². The second kappa shape index (κ2) is 8.95. The third-order valence-electron chi connectivity index (χ3n) is 3.71. The first-order valence-corrected chi connectivity index (χ1v) is 9.17. The number of hydrogen-bond acceptors (Lipinski definition) is 6. The largest absolute Gasteiger partial charge is 0.478 e. The van der Waals surface area contributed by atoms with Crippen LogP contribution in [0.3, 0.4) is 0 Å². The van der Waals surface area contributed by atoms with E-state index in [2.05, 4.69) is 20.8 Å². The van der Waals surface area contributed by atoms with Gasteiger partial charge in [-0.1, -0.05) is 42.1 Å². The Hall–Kier alpha value is -3.20. The van der Waals surface area contributed by atoms with Crippen molar-refractivity contribution in [2.24, 2.45) is 0 Å². The average Bonchev–Trinajstić information content (AvgIpc) is 3.16. The molecule has 1 amide bonds. The van der Waals surface area contributed by atoms with E-state index in [1.807, 2.05) is 30.3 Å². The van der Waals surface area contributed by atoms with Crippen LogP contribution in [0, 0.1) is 0 Å². The summed E-state index contributed by atoms with van der Waals surface area (Å²) >= 11 is 1.21. The number of hydrogen-bond donors (Lipinski definition) is 2. The summed E-state index contributed by atoms with van der Waals surface area (Å²) in [5.74, 6) is -0.922. The number of carboxylic acid groups (broad SMARTS) is 1. The number of carboxylic acids is 1. The lowest BCUT2D eigenvalue weighted by molar-refractivity contribution is -0.118. The van der Waals surface area contributed by atoms with Crippen LogP contribution in [0.15, 0.2) is 59.8 Å². The van der Waals surface area contributed by atoms with Crippen LogP contribution in [0.2, 0.25) is 0 Å². The molecule has 0 saturated carbocycles. The van der Waals surface area contributed by atoms with E-state index >= 15 is 0 Å². The molecule has 2 aromatic carbocycles. The van der Waals surface area contributed by atoms with Crippen LogP contribution in [0.5, 0.6) is 0 Å². The standard InChI is InChI=1S/C18H17N5O3S/c24-16(19-11-10-13-4-2-1-3-5-13)12-27-18-20-21-22-23(18)15-8-6-14(7-9-15)17(25)26/h1-9H,10-12H2,(H,19,24)(H,25,26). The Morgan fingerprint density at radius 1 is 1.07 bits per heavy atom. The van der Waals surface area contributed by atoms with E-state index < -0.39 is 5.97 Å². The highest BCUT2D eigenvalue weighted by atomic mass is 32.2. The average molecular weight is 383 g/mol. The third-order valence-corrected chi connectivity index (χ3v) is 4.63. The van der Waals surface area contributed by atoms with Crippen LogP contribution in [-0.4, -0.2) is 49.5 Å². The van der Waals surface area contributed by atoms with E-state index in [9.17, 15) is 9.59 Å². The molecule has 0 aliphatic rings. The van der Waals surface area contributed by atoms with Crippen molar-refractivity contribution >= 4 is 23.6 Å². The quantitative estimate of drug-likeness (QED) is 0.571. The number of amides is 1. The predicted octanol–water partition coefficient (Wildman–Crippen LogP) is 1.81. The number of benzene rings is 2. The van der Waals surface area contributed by atoms with Crippen LogP contribution in [0.25, 0.3) is 5.69 Å². The fourth-order valence-electron chi connectivity index (χ4n) is 2.35. The zero-order valence-electron chi connectivity index (χ0n) is 14.3. The summed E-state index contributed by atoms with van der Waals surface area (Å²) in [4.78, 5) is 22.9. The summed E-state index contributed by atoms with van der Waals surface area (Å²) in [6.45, 7) is 0.561. The lowest BCUT2D eigenvalue weighted by Gasteiger charge is -2.06. The number of carbonyl (C=O) groups excluding carboxylic acids is 1. The van der Waals surface area contributed by atoms with E-state index in [1.54, 1.807) is 12.1 Å². The van der Waals surface area contributed by atoms with Crippen LogP contribution >= 0.6 is 11.8 Å². The van der Waals surface area contributed by atoms with E-state index in [4.69, 9.17) is 5.11 Å². The first-order valence-electron chi connectivity index (χ1n) is 8.19. The molecule has 1 heterocycles. The molecule has 3 rings (SSSR count). The number of thioether (sulfide) groups is 1. The Labute approximate surface area is 159 Å². The van der Waals surface area contributed by atoms with E-state index in [0.717, 1.165) is 6.42 Å². The third kappa shape index (κ3) is 5.14. The zero-order chi connectivity index (χ0) is 19.1. The van der Waals surface area contributed by atoms with Gasteiger partial charge in [0.2, 0.25) is 11.1 Å². The molecule has 0 radical (unpaired) electrons. The van der Waals surface area contributed by atoms with Gasteiger partial charge in [-0.2, -0.15) is 4.68 Å². The lowest BCUT2D eigenvalue weighted by Crippen LogP contribution is -2.27. The van der Waals surface area contributed by atoms with Crippen molar-refractivity contribution in [3.8, 4) is 5.69 Å². The predicted molar refractivity (Wildman–Crippen MR) is 100.0 cm³/mol. The number of aromatic carboxylic acids is 1. The molecule has 0 atom stereocenters. The van der Waals surface area contributed by atoms with Gasteiger partial charge in [-0.3, -0.25) is 4.79 Å². The monoisotopic (exact) mass is 383 g/mol. The van der Waals surface area contributed by atoms with Crippen molar-refractivity contribution in [1.29, 1.82) is 0 Å². The summed E-state index contributed by atoms with van der Waals surface area (Å²) in [5, 5.41) is 23.7. The van der Waals surface area contributed by atoms with Crippen LogP contribution in [0.4, 0.5) is 0 Å². The van der Waals surface area contributed by atoms with Gasteiger partial charge >= 0.3 is 5.97 Å². The van der Waals surface area contributed by atoms with E-state index in [-0.39, 0.29) is 17.2 Å². The van der Waals surface area contributed by atoms with Gasteiger partial charge in [-0.05, 0) is 46.7 Å². The Bertz CT molecular complexity index is 912. The van der Waals surface area contributed by atoms with Gasteiger partial charge in [0.15, 0.2) is 0 Å². The van der Waals surface area contributed by atoms with Gasteiger partial charge in [0.25, 0.3) is 0 Å². The van der Waals surface area contributed by atoms with E-state index in [1.165, 1.54) is 34.1 Å². The zero-order valence-corrected chi connectivity index (χ0v) is 15.1. The molecule has 0 aliphatic carbocycles. The summed E-state index contributed by atoms with van der Waals surface area (Å²) in [6.07, 6.45) is 0.769. The van der Waals surface area contributed by atoms with Gasteiger partial charge in [-0.25, -0.2) is 4.79 Å². The second-order valence-electron chi connectivity index (χ2n) is 5.60. The van der Waals surface area contributed by atoms with Gasteiger partial charge in [-0.15, -0.1) is 5.10 Å². The smallest absolute Gasteiger partial charge is 0.335 e.